The molecule has 3 aromatic rings. The number of carbonyl (C=O) groups is 2. The van der Waals surface area contributed by atoms with Crippen LogP contribution in [0.3, 0.4) is 0 Å². The van der Waals surface area contributed by atoms with Gasteiger partial charge in [0.15, 0.2) is 23.0 Å². The molecule has 4 heterocycles. The maximum atomic E-state index is 13.4. The molecule has 196 valence electrons. The number of ether oxygens (including phenoxy) is 5. The van der Waals surface area contributed by atoms with Gasteiger partial charge in [-0.3, -0.25) is 9.59 Å². The van der Waals surface area contributed by atoms with E-state index in [2.05, 4.69) is 4.98 Å². The Labute approximate surface area is 217 Å². The maximum Gasteiger partial charge on any atom is 0.295 e. The fraction of sp³-hybridized carbons (Fsp3) is 0.296. The van der Waals surface area contributed by atoms with E-state index >= 15 is 0 Å². The minimum absolute atomic E-state index is 0.0252. The molecular formula is C27H25N3O8. The summed E-state index contributed by atoms with van der Waals surface area (Å²) >= 11 is 0. The van der Waals surface area contributed by atoms with E-state index in [0.717, 1.165) is 0 Å². The van der Waals surface area contributed by atoms with E-state index in [4.69, 9.17) is 23.7 Å². The number of benzene rings is 2. The molecule has 0 saturated carbocycles. The molecule has 1 saturated heterocycles. The number of ketones is 1. The molecule has 1 aromatic heterocycles. The summed E-state index contributed by atoms with van der Waals surface area (Å²) in [5.41, 5.74) is 0.852. The first-order valence-electron chi connectivity index (χ1n) is 12.2. The summed E-state index contributed by atoms with van der Waals surface area (Å²) < 4.78 is 29.7. The number of hydrogen-bond acceptors (Lipinski definition) is 9. The van der Waals surface area contributed by atoms with Crippen molar-refractivity contribution in [2.45, 2.75) is 19.0 Å². The molecule has 0 unspecified atom stereocenters. The molecule has 0 aliphatic carbocycles. The number of aliphatic hydroxyl groups excluding tert-OH is 1. The van der Waals surface area contributed by atoms with Gasteiger partial charge >= 0.3 is 0 Å². The first kappa shape index (κ1) is 23.7. The van der Waals surface area contributed by atoms with Gasteiger partial charge in [0, 0.05) is 31.0 Å². The highest BCUT2D eigenvalue weighted by molar-refractivity contribution is 6.46. The van der Waals surface area contributed by atoms with Crippen molar-refractivity contribution in [3.63, 3.8) is 0 Å². The first-order valence-corrected chi connectivity index (χ1v) is 12.2. The van der Waals surface area contributed by atoms with Gasteiger partial charge in [-0.15, -0.1) is 0 Å². The third kappa shape index (κ3) is 4.05. The van der Waals surface area contributed by atoms with Crippen molar-refractivity contribution in [3.05, 3.63) is 65.8 Å². The summed E-state index contributed by atoms with van der Waals surface area (Å²) in [5, 5.41) is 11.4. The quantitative estimate of drug-likeness (QED) is 0.285. The molecule has 11 nitrogen and oxygen atoms in total. The average Bonchev–Trinajstić information content (AvgIpc) is 3.69. The zero-order valence-electron chi connectivity index (χ0n) is 20.6. The summed E-state index contributed by atoms with van der Waals surface area (Å²) in [6.45, 7) is 1.69. The maximum absolute atomic E-state index is 13.4. The molecule has 1 N–H and O–H groups in total. The highest BCUT2D eigenvalue weighted by Crippen LogP contribution is 2.47. The average molecular weight is 520 g/mol. The number of nitrogens with zero attached hydrogens (tertiary/aromatic N) is 3. The molecule has 1 atom stereocenters. The van der Waals surface area contributed by atoms with Crippen LogP contribution in [0.4, 0.5) is 0 Å². The lowest BCUT2D eigenvalue weighted by Gasteiger charge is -2.26. The number of carbonyl (C=O) groups excluding carboxylic acids is 2. The van der Waals surface area contributed by atoms with Crippen LogP contribution in [0.2, 0.25) is 0 Å². The number of aliphatic hydroxyl groups is 1. The Morgan fingerprint density at radius 1 is 1.05 bits per heavy atom. The Morgan fingerprint density at radius 2 is 1.89 bits per heavy atom. The number of likely N-dealkylation sites (tertiary alicyclic amines) is 1. The van der Waals surface area contributed by atoms with Gasteiger partial charge in [-0.25, -0.2) is 4.98 Å². The fourth-order valence-corrected chi connectivity index (χ4v) is 4.95. The van der Waals surface area contributed by atoms with Crippen LogP contribution in [0, 0.1) is 0 Å². The summed E-state index contributed by atoms with van der Waals surface area (Å²) in [4.78, 5) is 32.3. The number of hydrogen-bond donors (Lipinski definition) is 1. The normalized spacial score (nSPS) is 19.2. The third-order valence-electron chi connectivity index (χ3n) is 6.73. The van der Waals surface area contributed by atoms with E-state index in [1.165, 1.54) is 12.0 Å². The zero-order chi connectivity index (χ0) is 26.2. The number of rotatable bonds is 7. The van der Waals surface area contributed by atoms with Gasteiger partial charge in [0.25, 0.3) is 11.7 Å². The first-order chi connectivity index (χ1) is 18.5. The minimum atomic E-state index is -0.880. The van der Waals surface area contributed by atoms with Crippen LogP contribution >= 0.6 is 0 Å². The van der Waals surface area contributed by atoms with Crippen molar-refractivity contribution in [2.24, 2.45) is 0 Å². The van der Waals surface area contributed by atoms with Gasteiger partial charge in [0.1, 0.15) is 19.0 Å². The van der Waals surface area contributed by atoms with E-state index in [-0.39, 0.29) is 24.7 Å². The van der Waals surface area contributed by atoms with Crippen LogP contribution in [-0.4, -0.2) is 64.9 Å². The van der Waals surface area contributed by atoms with Crippen molar-refractivity contribution < 1.29 is 38.4 Å². The number of methoxy groups -OCH3 is 1. The molecule has 11 heteroatoms. The summed E-state index contributed by atoms with van der Waals surface area (Å²) in [5.74, 6) is 0.499. The zero-order valence-corrected chi connectivity index (χ0v) is 20.6. The van der Waals surface area contributed by atoms with Crippen LogP contribution in [0.15, 0.2) is 54.6 Å². The van der Waals surface area contributed by atoms with Crippen LogP contribution in [0.1, 0.15) is 23.6 Å². The Hall–Kier alpha value is -4.67. The van der Waals surface area contributed by atoms with Crippen molar-refractivity contribution >= 4 is 17.4 Å². The number of fused-ring (bicyclic) bond motifs is 2. The lowest BCUT2D eigenvalue weighted by molar-refractivity contribution is -0.139. The minimum Gasteiger partial charge on any atom is -0.507 e. The molecule has 1 fully saturated rings. The molecule has 0 spiro atoms. The highest BCUT2D eigenvalue weighted by Gasteiger charge is 2.46. The van der Waals surface area contributed by atoms with E-state index in [1.807, 2.05) is 10.8 Å². The van der Waals surface area contributed by atoms with Crippen LogP contribution in [0.5, 0.6) is 28.7 Å². The number of aryl methyl sites for hydroxylation is 1. The Kier molecular flexibility index (Phi) is 6.02. The van der Waals surface area contributed by atoms with Gasteiger partial charge < -0.3 is 38.3 Å². The van der Waals surface area contributed by atoms with E-state index < -0.39 is 17.7 Å². The molecule has 6 rings (SSSR count). The summed E-state index contributed by atoms with van der Waals surface area (Å²) in [7, 11) is 1.50. The van der Waals surface area contributed by atoms with E-state index in [1.54, 1.807) is 42.9 Å². The van der Waals surface area contributed by atoms with Crippen molar-refractivity contribution in [3.8, 4) is 28.7 Å². The van der Waals surface area contributed by atoms with Gasteiger partial charge in [-0.2, -0.15) is 0 Å². The smallest absolute Gasteiger partial charge is 0.295 e. The second-order valence-corrected chi connectivity index (χ2v) is 8.96. The van der Waals surface area contributed by atoms with Crippen molar-refractivity contribution in [1.29, 1.82) is 0 Å². The number of aromatic nitrogens is 2. The predicted octanol–water partition coefficient (Wildman–Crippen LogP) is 2.90. The van der Waals surface area contributed by atoms with E-state index in [9.17, 15) is 14.7 Å². The van der Waals surface area contributed by atoms with Crippen LogP contribution in [0.25, 0.3) is 5.76 Å². The largest absolute Gasteiger partial charge is 0.507 e. The topological polar surface area (TPSA) is 122 Å². The molecule has 38 heavy (non-hydrogen) atoms. The number of imidazole rings is 1. The van der Waals surface area contributed by atoms with Crippen LogP contribution < -0.4 is 23.7 Å². The lowest BCUT2D eigenvalue weighted by Crippen LogP contribution is -2.31. The SMILES string of the molecule is COc1cc([C@@H]2C(=C(O)c3ccc4c(c3)OCCO4)C(=O)C(=O)N2CCCn2ccnc2)cc2c1OCO2. The molecule has 0 bridgehead atoms. The Bertz CT molecular complexity index is 1430. The van der Waals surface area contributed by atoms with Crippen molar-refractivity contribution in [1.82, 2.24) is 14.5 Å². The standard InChI is InChI=1S/C27H25N3O8/c1-34-20-12-17(13-21-26(20)38-15-37-21)23-22(24(31)16-3-4-18-19(11-16)36-10-9-35-18)25(32)27(33)30(23)7-2-6-29-8-5-28-14-29/h3-5,8,11-14,23,31H,2,6-7,9-10,15H2,1H3/t23-/m1/s1. The second-order valence-electron chi connectivity index (χ2n) is 8.96. The van der Waals surface area contributed by atoms with Gasteiger partial charge in [-0.1, -0.05) is 0 Å². The molecule has 1 amide bonds. The summed E-state index contributed by atoms with van der Waals surface area (Å²) in [6.07, 6.45) is 5.76. The lowest BCUT2D eigenvalue weighted by atomic mass is 9.94. The third-order valence-corrected chi connectivity index (χ3v) is 6.73. The fourth-order valence-electron chi connectivity index (χ4n) is 4.95. The second kappa shape index (κ2) is 9.66. The molecular weight excluding hydrogens is 494 g/mol. The van der Waals surface area contributed by atoms with Crippen molar-refractivity contribution in [2.75, 3.05) is 33.7 Å². The van der Waals surface area contributed by atoms with Gasteiger partial charge in [0.05, 0.1) is 25.1 Å². The number of amides is 1. The Balaban J connectivity index is 1.43. The van der Waals surface area contributed by atoms with Crippen LogP contribution in [-0.2, 0) is 16.1 Å². The highest BCUT2D eigenvalue weighted by atomic mass is 16.7. The molecule has 0 radical (unpaired) electrons. The summed E-state index contributed by atoms with van der Waals surface area (Å²) in [6, 6.07) is 7.43. The number of Topliss-reactive ketones (excluding diaryl/α,β-unsaturated/α-hetero) is 1. The molecule has 3 aliphatic heterocycles. The molecule has 2 aromatic carbocycles. The van der Waals surface area contributed by atoms with Gasteiger partial charge in [0.2, 0.25) is 12.5 Å². The monoisotopic (exact) mass is 519 g/mol. The van der Waals surface area contributed by atoms with E-state index in [0.29, 0.717) is 66.1 Å². The predicted molar refractivity (Wildman–Crippen MR) is 132 cm³/mol. The van der Waals surface area contributed by atoms with Gasteiger partial charge in [-0.05, 0) is 42.3 Å². The Morgan fingerprint density at radius 3 is 2.68 bits per heavy atom. The molecule has 3 aliphatic rings.